The van der Waals surface area contributed by atoms with E-state index in [-0.39, 0.29) is 17.9 Å². The average molecular weight is 345 g/mol. The molecule has 1 amide bonds. The first-order valence-corrected chi connectivity index (χ1v) is 9.00. The highest BCUT2D eigenvalue weighted by atomic mass is 16.1. The lowest BCUT2D eigenvalue weighted by molar-refractivity contribution is -0.125. The summed E-state index contributed by atoms with van der Waals surface area (Å²) >= 11 is 0. The molecule has 0 aliphatic heterocycles. The van der Waals surface area contributed by atoms with Gasteiger partial charge in [0, 0.05) is 18.5 Å². The predicted octanol–water partition coefficient (Wildman–Crippen LogP) is 1.48. The van der Waals surface area contributed by atoms with E-state index in [0.29, 0.717) is 12.5 Å². The fraction of sp³-hybridized carbons (Fsp3) is 0.706. The van der Waals surface area contributed by atoms with Crippen molar-refractivity contribution in [2.24, 2.45) is 11.8 Å². The van der Waals surface area contributed by atoms with Crippen LogP contribution in [0.1, 0.15) is 50.5 Å². The minimum atomic E-state index is 0.0219. The second-order valence-electron chi connectivity index (χ2n) is 7.26. The first-order chi connectivity index (χ1) is 11.9. The van der Waals surface area contributed by atoms with Crippen molar-refractivity contribution in [3.05, 3.63) is 23.5 Å². The highest BCUT2D eigenvalue weighted by molar-refractivity contribution is 5.78. The SMILES string of the molecule is Cc1nc(C)n(Cc2cn(C[C@H]3CCC[C@H]3NC(=O)C(C)C)nn2)n1. The summed E-state index contributed by atoms with van der Waals surface area (Å²) in [7, 11) is 0. The van der Waals surface area contributed by atoms with Crippen LogP contribution >= 0.6 is 0 Å². The van der Waals surface area contributed by atoms with Crippen LogP contribution in [0.5, 0.6) is 0 Å². The number of aryl methyl sites for hydroxylation is 2. The van der Waals surface area contributed by atoms with Crippen LogP contribution in [0.25, 0.3) is 0 Å². The molecule has 0 bridgehead atoms. The maximum atomic E-state index is 12.0. The van der Waals surface area contributed by atoms with E-state index in [9.17, 15) is 4.79 Å². The van der Waals surface area contributed by atoms with Crippen LogP contribution in [0.4, 0.5) is 0 Å². The first kappa shape index (κ1) is 17.6. The average Bonchev–Trinajstić information content (AvgIpc) is 3.23. The third kappa shape index (κ3) is 4.24. The molecule has 0 spiro atoms. The molecule has 8 heteroatoms. The Labute approximate surface area is 148 Å². The lowest BCUT2D eigenvalue weighted by atomic mass is 10.0. The molecule has 8 nitrogen and oxygen atoms in total. The summed E-state index contributed by atoms with van der Waals surface area (Å²) in [6, 6.07) is 0.239. The number of nitrogens with zero attached hydrogens (tertiary/aromatic N) is 6. The topological polar surface area (TPSA) is 90.5 Å². The van der Waals surface area contributed by atoms with E-state index in [1.807, 2.05) is 43.3 Å². The zero-order chi connectivity index (χ0) is 18.0. The number of rotatable bonds is 6. The van der Waals surface area contributed by atoms with Crippen molar-refractivity contribution in [2.75, 3.05) is 0 Å². The summed E-state index contributed by atoms with van der Waals surface area (Å²) in [5.41, 5.74) is 0.869. The van der Waals surface area contributed by atoms with Crippen LogP contribution in [-0.2, 0) is 17.9 Å². The summed E-state index contributed by atoms with van der Waals surface area (Å²) < 4.78 is 3.73. The van der Waals surface area contributed by atoms with Gasteiger partial charge in [-0.1, -0.05) is 25.5 Å². The maximum Gasteiger partial charge on any atom is 0.222 e. The van der Waals surface area contributed by atoms with Gasteiger partial charge in [-0.15, -0.1) is 5.10 Å². The Kier molecular flexibility index (Phi) is 5.15. The molecule has 136 valence electrons. The molecule has 1 aliphatic rings. The molecule has 2 aromatic rings. The van der Waals surface area contributed by atoms with E-state index in [4.69, 9.17) is 0 Å². The molecule has 25 heavy (non-hydrogen) atoms. The van der Waals surface area contributed by atoms with Crippen molar-refractivity contribution >= 4 is 5.91 Å². The molecule has 2 atom stereocenters. The van der Waals surface area contributed by atoms with Gasteiger partial charge >= 0.3 is 0 Å². The zero-order valence-corrected chi connectivity index (χ0v) is 15.4. The smallest absolute Gasteiger partial charge is 0.222 e. The van der Waals surface area contributed by atoms with Gasteiger partial charge in [-0.3, -0.25) is 9.48 Å². The second kappa shape index (κ2) is 7.33. The van der Waals surface area contributed by atoms with Gasteiger partial charge in [0.2, 0.25) is 5.91 Å². The van der Waals surface area contributed by atoms with Crippen molar-refractivity contribution in [3.8, 4) is 0 Å². The monoisotopic (exact) mass is 345 g/mol. The van der Waals surface area contributed by atoms with E-state index < -0.39 is 0 Å². The summed E-state index contributed by atoms with van der Waals surface area (Å²) in [5.74, 6) is 2.20. The van der Waals surface area contributed by atoms with Crippen molar-refractivity contribution in [2.45, 2.75) is 66.1 Å². The normalized spacial score (nSPS) is 20.4. The first-order valence-electron chi connectivity index (χ1n) is 9.00. The van der Waals surface area contributed by atoms with E-state index in [2.05, 4.69) is 25.7 Å². The number of carbonyl (C=O) groups is 1. The number of amides is 1. The molecule has 0 aromatic carbocycles. The van der Waals surface area contributed by atoms with Gasteiger partial charge in [0.15, 0.2) is 0 Å². The fourth-order valence-corrected chi connectivity index (χ4v) is 3.40. The Morgan fingerprint density at radius 1 is 1.36 bits per heavy atom. The van der Waals surface area contributed by atoms with Gasteiger partial charge in [-0.2, -0.15) is 5.10 Å². The maximum absolute atomic E-state index is 12.0. The summed E-state index contributed by atoms with van der Waals surface area (Å²) in [6.45, 7) is 9.03. The molecule has 0 saturated heterocycles. The molecule has 3 rings (SSSR count). The molecule has 0 unspecified atom stereocenters. The largest absolute Gasteiger partial charge is 0.353 e. The van der Waals surface area contributed by atoms with Crippen molar-refractivity contribution in [1.82, 2.24) is 35.1 Å². The Morgan fingerprint density at radius 3 is 2.84 bits per heavy atom. The number of carbonyl (C=O) groups excluding carboxylic acids is 1. The summed E-state index contributed by atoms with van der Waals surface area (Å²) in [6.07, 6.45) is 5.27. The number of hydrogen-bond donors (Lipinski definition) is 1. The van der Waals surface area contributed by atoms with E-state index in [0.717, 1.165) is 43.1 Å². The van der Waals surface area contributed by atoms with Crippen LogP contribution in [0, 0.1) is 25.7 Å². The van der Waals surface area contributed by atoms with Crippen molar-refractivity contribution in [1.29, 1.82) is 0 Å². The van der Waals surface area contributed by atoms with E-state index >= 15 is 0 Å². The molecule has 1 N–H and O–H groups in total. The molecule has 2 heterocycles. The Balaban J connectivity index is 1.60. The third-order valence-corrected chi connectivity index (χ3v) is 4.79. The quantitative estimate of drug-likeness (QED) is 0.856. The van der Waals surface area contributed by atoms with Gasteiger partial charge in [-0.25, -0.2) is 9.67 Å². The number of nitrogens with one attached hydrogen (secondary N) is 1. The van der Waals surface area contributed by atoms with E-state index in [1.165, 1.54) is 0 Å². The third-order valence-electron chi connectivity index (χ3n) is 4.79. The number of aromatic nitrogens is 6. The molecule has 1 saturated carbocycles. The van der Waals surface area contributed by atoms with Crippen molar-refractivity contribution in [3.63, 3.8) is 0 Å². The standard InChI is InChI=1S/C17H27N7O/c1-11(2)17(25)19-16-7-5-6-14(16)8-23-9-15(20-22-23)10-24-13(4)18-12(3)21-24/h9,11,14,16H,5-8,10H2,1-4H3,(H,19,25)/t14-,16-/m1/s1. The minimum Gasteiger partial charge on any atom is -0.353 e. The highest BCUT2D eigenvalue weighted by Crippen LogP contribution is 2.27. The Morgan fingerprint density at radius 2 is 2.16 bits per heavy atom. The van der Waals surface area contributed by atoms with Crippen LogP contribution < -0.4 is 5.32 Å². The van der Waals surface area contributed by atoms with Gasteiger partial charge in [-0.05, 0) is 32.6 Å². The molecule has 0 radical (unpaired) electrons. The number of hydrogen-bond acceptors (Lipinski definition) is 5. The molecule has 2 aromatic heterocycles. The molecule has 1 fully saturated rings. The predicted molar refractivity (Wildman–Crippen MR) is 92.7 cm³/mol. The second-order valence-corrected chi connectivity index (χ2v) is 7.26. The van der Waals surface area contributed by atoms with Gasteiger partial charge in [0.25, 0.3) is 0 Å². The lowest BCUT2D eigenvalue weighted by Gasteiger charge is -2.21. The van der Waals surface area contributed by atoms with Crippen LogP contribution in [0.3, 0.4) is 0 Å². The summed E-state index contributed by atoms with van der Waals surface area (Å²) in [4.78, 5) is 16.3. The van der Waals surface area contributed by atoms with Crippen LogP contribution in [0.15, 0.2) is 6.20 Å². The van der Waals surface area contributed by atoms with Gasteiger partial charge in [0.05, 0.1) is 12.7 Å². The van der Waals surface area contributed by atoms with E-state index in [1.54, 1.807) is 0 Å². The molecular weight excluding hydrogens is 318 g/mol. The van der Waals surface area contributed by atoms with Crippen LogP contribution in [0.2, 0.25) is 0 Å². The molecule has 1 aliphatic carbocycles. The summed E-state index contributed by atoms with van der Waals surface area (Å²) in [5, 5.41) is 16.1. The lowest BCUT2D eigenvalue weighted by Crippen LogP contribution is -2.40. The van der Waals surface area contributed by atoms with Gasteiger partial charge < -0.3 is 5.32 Å². The highest BCUT2D eigenvalue weighted by Gasteiger charge is 2.29. The van der Waals surface area contributed by atoms with Crippen molar-refractivity contribution < 1.29 is 4.79 Å². The fourth-order valence-electron chi connectivity index (χ4n) is 3.40. The van der Waals surface area contributed by atoms with Gasteiger partial charge in [0.1, 0.15) is 17.3 Å². The zero-order valence-electron chi connectivity index (χ0n) is 15.4. The van der Waals surface area contributed by atoms with Crippen LogP contribution in [-0.4, -0.2) is 41.7 Å². The minimum absolute atomic E-state index is 0.0219. The molecular formula is C17H27N7O. The Bertz CT molecular complexity index is 733. The Hall–Kier alpha value is -2.25.